The summed E-state index contributed by atoms with van der Waals surface area (Å²) in [5.41, 5.74) is 0. The molecule has 2 aromatic rings. The van der Waals surface area contributed by atoms with Gasteiger partial charge in [0.1, 0.15) is 12.4 Å². The summed E-state index contributed by atoms with van der Waals surface area (Å²) < 4.78 is 15.3. The van der Waals surface area contributed by atoms with Crippen molar-refractivity contribution in [1.29, 1.82) is 0 Å². The quantitative estimate of drug-likeness (QED) is 0.816. The molecule has 1 aliphatic heterocycles. The van der Waals surface area contributed by atoms with E-state index in [0.717, 1.165) is 38.2 Å². The molecule has 3 rings (SSSR count). The number of hydrogen-bond acceptors (Lipinski definition) is 7. The maximum atomic E-state index is 12.3. The first kappa shape index (κ1) is 16.7. The Morgan fingerprint density at radius 2 is 2.29 bits per heavy atom. The molecule has 3 heterocycles. The van der Waals surface area contributed by atoms with Crippen LogP contribution in [-0.2, 0) is 29.2 Å². The van der Waals surface area contributed by atoms with Crippen LogP contribution in [0.25, 0.3) is 0 Å². The Balaban J connectivity index is 1.40. The number of ether oxygens (including phenoxy) is 1. The number of methoxy groups -OCH3 is 1. The summed E-state index contributed by atoms with van der Waals surface area (Å²) in [7, 11) is 1.56. The van der Waals surface area contributed by atoms with Crippen molar-refractivity contribution in [3.8, 4) is 0 Å². The largest absolute Gasteiger partial charge is 0.468 e. The lowest BCUT2D eigenvalue weighted by Gasteiger charge is -2.30. The van der Waals surface area contributed by atoms with Crippen LogP contribution in [0.2, 0.25) is 0 Å². The van der Waals surface area contributed by atoms with Crippen molar-refractivity contribution >= 4 is 5.91 Å². The summed E-state index contributed by atoms with van der Waals surface area (Å²) in [6.07, 6.45) is 3.37. The Bertz CT molecular complexity index is 632. The molecule has 8 nitrogen and oxygen atoms in total. The number of furan rings is 1. The molecule has 2 aromatic heterocycles. The average Bonchev–Trinajstić information content (AvgIpc) is 3.26. The number of piperidine rings is 1. The molecule has 1 N–H and O–H groups in total. The van der Waals surface area contributed by atoms with Crippen molar-refractivity contribution in [2.45, 2.75) is 32.5 Å². The topological polar surface area (TPSA) is 93.6 Å². The summed E-state index contributed by atoms with van der Waals surface area (Å²) >= 11 is 0. The zero-order chi connectivity index (χ0) is 16.8. The maximum absolute atomic E-state index is 12.3. The van der Waals surface area contributed by atoms with Crippen LogP contribution in [0.5, 0.6) is 0 Å². The maximum Gasteiger partial charge on any atom is 0.252 e. The second kappa shape index (κ2) is 8.07. The molecule has 0 bridgehead atoms. The first-order valence-electron chi connectivity index (χ1n) is 8.07. The van der Waals surface area contributed by atoms with Gasteiger partial charge in [-0.1, -0.05) is 5.16 Å². The van der Waals surface area contributed by atoms with Gasteiger partial charge in [-0.15, -0.1) is 0 Å². The van der Waals surface area contributed by atoms with Crippen molar-refractivity contribution in [3.05, 3.63) is 35.9 Å². The predicted octanol–water partition coefficient (Wildman–Crippen LogP) is 1.34. The van der Waals surface area contributed by atoms with Crippen molar-refractivity contribution in [3.63, 3.8) is 0 Å². The highest BCUT2D eigenvalue weighted by molar-refractivity contribution is 5.78. The second-order valence-electron chi connectivity index (χ2n) is 5.88. The molecule has 0 aliphatic carbocycles. The number of amides is 1. The zero-order valence-electron chi connectivity index (χ0n) is 13.7. The van der Waals surface area contributed by atoms with Gasteiger partial charge in [-0.25, -0.2) is 0 Å². The lowest BCUT2D eigenvalue weighted by Crippen LogP contribution is -2.40. The van der Waals surface area contributed by atoms with Crippen LogP contribution in [0.3, 0.4) is 0 Å². The summed E-state index contributed by atoms with van der Waals surface area (Å²) in [5.74, 6) is 1.91. The minimum absolute atomic E-state index is 0.0307. The number of carbonyl (C=O) groups excluding carboxylic acids is 1. The predicted molar refractivity (Wildman–Crippen MR) is 83.6 cm³/mol. The molecule has 0 radical (unpaired) electrons. The molecule has 0 saturated carbocycles. The lowest BCUT2D eigenvalue weighted by atomic mass is 9.96. The van der Waals surface area contributed by atoms with Gasteiger partial charge in [0, 0.05) is 13.0 Å². The summed E-state index contributed by atoms with van der Waals surface area (Å²) in [6, 6.07) is 3.87. The third-order valence-corrected chi connectivity index (χ3v) is 4.12. The van der Waals surface area contributed by atoms with Crippen LogP contribution in [-0.4, -0.2) is 41.1 Å². The molecule has 130 valence electrons. The van der Waals surface area contributed by atoms with Crippen LogP contribution in [0.15, 0.2) is 27.3 Å². The number of nitrogens with zero attached hydrogens (tertiary/aromatic N) is 3. The van der Waals surface area contributed by atoms with Crippen molar-refractivity contribution in [1.82, 2.24) is 20.4 Å². The average molecular weight is 334 g/mol. The Kier molecular flexibility index (Phi) is 5.60. The molecule has 24 heavy (non-hydrogen) atoms. The van der Waals surface area contributed by atoms with E-state index in [9.17, 15) is 4.79 Å². The van der Waals surface area contributed by atoms with Gasteiger partial charge >= 0.3 is 0 Å². The van der Waals surface area contributed by atoms with E-state index in [4.69, 9.17) is 13.7 Å². The fourth-order valence-electron chi connectivity index (χ4n) is 2.83. The van der Waals surface area contributed by atoms with Gasteiger partial charge in [0.2, 0.25) is 5.91 Å². The summed E-state index contributed by atoms with van der Waals surface area (Å²) in [6.45, 7) is 3.12. The summed E-state index contributed by atoms with van der Waals surface area (Å²) in [5, 5.41) is 6.69. The van der Waals surface area contributed by atoms with Gasteiger partial charge in [0.15, 0.2) is 5.82 Å². The summed E-state index contributed by atoms with van der Waals surface area (Å²) in [4.78, 5) is 18.7. The Labute approximate surface area is 140 Å². The number of rotatable bonds is 7. The normalized spacial score (nSPS) is 16.4. The third-order valence-electron chi connectivity index (χ3n) is 4.12. The van der Waals surface area contributed by atoms with Crippen LogP contribution < -0.4 is 5.32 Å². The van der Waals surface area contributed by atoms with Gasteiger partial charge in [-0.3, -0.25) is 9.69 Å². The zero-order valence-corrected chi connectivity index (χ0v) is 13.7. The fourth-order valence-corrected chi connectivity index (χ4v) is 2.83. The molecule has 0 atom stereocenters. The first-order chi connectivity index (χ1) is 11.7. The van der Waals surface area contributed by atoms with E-state index in [1.807, 2.05) is 12.1 Å². The highest BCUT2D eigenvalue weighted by atomic mass is 16.5. The van der Waals surface area contributed by atoms with Gasteiger partial charge in [0.05, 0.1) is 19.4 Å². The molecular formula is C16H22N4O4. The second-order valence-corrected chi connectivity index (χ2v) is 5.88. The number of nitrogens with one attached hydrogen (secondary N) is 1. The van der Waals surface area contributed by atoms with Gasteiger partial charge in [-0.05, 0) is 38.1 Å². The number of likely N-dealkylation sites (tertiary alicyclic amines) is 1. The Hall–Kier alpha value is -2.19. The van der Waals surface area contributed by atoms with E-state index in [0.29, 0.717) is 11.7 Å². The molecule has 1 aliphatic rings. The monoisotopic (exact) mass is 334 g/mol. The molecule has 0 spiro atoms. The van der Waals surface area contributed by atoms with Crippen molar-refractivity contribution in [2.24, 2.45) is 5.92 Å². The molecule has 1 amide bonds. The molecule has 1 fully saturated rings. The molecule has 0 aromatic carbocycles. The van der Waals surface area contributed by atoms with Crippen LogP contribution in [0.1, 0.15) is 30.3 Å². The minimum atomic E-state index is 0.0307. The Morgan fingerprint density at radius 3 is 3.00 bits per heavy atom. The minimum Gasteiger partial charge on any atom is -0.468 e. The van der Waals surface area contributed by atoms with Gasteiger partial charge in [0.25, 0.3) is 5.89 Å². The molecule has 1 saturated heterocycles. The number of hydrogen-bond donors (Lipinski definition) is 1. The first-order valence-corrected chi connectivity index (χ1v) is 8.07. The van der Waals surface area contributed by atoms with E-state index < -0.39 is 0 Å². The smallest absolute Gasteiger partial charge is 0.252 e. The van der Waals surface area contributed by atoms with E-state index in [1.165, 1.54) is 0 Å². The molecular weight excluding hydrogens is 312 g/mol. The Morgan fingerprint density at radius 1 is 1.46 bits per heavy atom. The standard InChI is InChI=1S/C16H22N4O4/c1-22-11-15-18-14(19-24-15)9-17-16(21)12-4-6-20(7-5-12)10-13-3-2-8-23-13/h2-3,8,12H,4-7,9-11H2,1H3,(H,17,21). The SMILES string of the molecule is COCc1nc(CNC(=O)C2CCN(Cc3ccco3)CC2)no1. The van der Waals surface area contributed by atoms with E-state index in [1.54, 1.807) is 13.4 Å². The number of aromatic nitrogens is 2. The molecule has 0 unspecified atom stereocenters. The van der Waals surface area contributed by atoms with Gasteiger partial charge < -0.3 is 19.0 Å². The lowest BCUT2D eigenvalue weighted by molar-refractivity contribution is -0.126. The van der Waals surface area contributed by atoms with Crippen LogP contribution in [0, 0.1) is 5.92 Å². The van der Waals surface area contributed by atoms with Crippen LogP contribution in [0.4, 0.5) is 0 Å². The highest BCUT2D eigenvalue weighted by Gasteiger charge is 2.25. The van der Waals surface area contributed by atoms with E-state index in [2.05, 4.69) is 20.4 Å². The van der Waals surface area contributed by atoms with Crippen molar-refractivity contribution in [2.75, 3.05) is 20.2 Å². The fraction of sp³-hybridized carbons (Fsp3) is 0.562. The van der Waals surface area contributed by atoms with Crippen LogP contribution >= 0.6 is 0 Å². The van der Waals surface area contributed by atoms with Gasteiger partial charge in [-0.2, -0.15) is 4.98 Å². The van der Waals surface area contributed by atoms with E-state index in [-0.39, 0.29) is 25.0 Å². The number of carbonyl (C=O) groups is 1. The van der Waals surface area contributed by atoms with Crippen molar-refractivity contribution < 1.29 is 18.5 Å². The van der Waals surface area contributed by atoms with E-state index >= 15 is 0 Å². The third kappa shape index (κ3) is 4.42. The molecule has 8 heteroatoms. The highest BCUT2D eigenvalue weighted by Crippen LogP contribution is 2.19.